The smallest absolute Gasteiger partial charge is 0.301 e. The summed E-state index contributed by atoms with van der Waals surface area (Å²) in [6.45, 7) is 4.51. The number of ether oxygens (including phenoxy) is 2. The van der Waals surface area contributed by atoms with E-state index in [4.69, 9.17) is 21.1 Å². The van der Waals surface area contributed by atoms with Crippen LogP contribution < -0.4 is 14.4 Å². The molecule has 1 saturated heterocycles. The molecule has 1 fully saturated rings. The number of thioether (sulfide) groups is 1. The van der Waals surface area contributed by atoms with Crippen LogP contribution >= 0.6 is 34.7 Å². The Balaban J connectivity index is 1.39. The van der Waals surface area contributed by atoms with Crippen molar-refractivity contribution in [1.82, 2.24) is 10.2 Å². The minimum absolute atomic E-state index is 0.0184. The summed E-state index contributed by atoms with van der Waals surface area (Å²) >= 11 is 8.69. The van der Waals surface area contributed by atoms with Crippen LogP contribution in [0.1, 0.15) is 48.6 Å². The molecule has 4 aromatic rings. The maximum atomic E-state index is 13.7. The molecule has 2 unspecified atom stereocenters. The van der Waals surface area contributed by atoms with Gasteiger partial charge in [-0.2, -0.15) is 0 Å². The van der Waals surface area contributed by atoms with Crippen molar-refractivity contribution in [3.8, 4) is 11.5 Å². The Hall–Kier alpha value is -3.86. The van der Waals surface area contributed by atoms with Crippen LogP contribution in [-0.4, -0.2) is 39.7 Å². The fraction of sp³-hybridized carbons (Fsp3) is 0.250. The highest BCUT2D eigenvalue weighted by Crippen LogP contribution is 2.45. The topological polar surface area (TPSA) is 102 Å². The highest BCUT2D eigenvalue weighted by Gasteiger charge is 2.48. The quantitative estimate of drug-likeness (QED) is 0.0678. The molecular formula is C32H28ClN3O5S2. The molecule has 11 heteroatoms. The molecule has 0 saturated carbocycles. The zero-order chi connectivity index (χ0) is 30.1. The molecule has 1 amide bonds. The molecule has 0 aliphatic carbocycles. The normalized spacial score (nSPS) is 19.0. The second-order valence-corrected chi connectivity index (χ2v) is 12.9. The zero-order valence-electron chi connectivity index (χ0n) is 23.5. The summed E-state index contributed by atoms with van der Waals surface area (Å²) in [6.07, 6.45) is 1.53. The summed E-state index contributed by atoms with van der Waals surface area (Å²) in [5, 5.41) is 21.1. The number of Topliss-reactive ketones (excluding diaryl/α,β-unsaturated/α-hetero) is 1. The summed E-state index contributed by atoms with van der Waals surface area (Å²) in [5.74, 6) is 0.151. The molecule has 2 atom stereocenters. The summed E-state index contributed by atoms with van der Waals surface area (Å²) in [5.41, 5.74) is 3.02. The number of ketones is 1. The molecular weight excluding hydrogens is 606 g/mol. The molecule has 0 bridgehead atoms. The van der Waals surface area contributed by atoms with Gasteiger partial charge in [0.2, 0.25) is 5.13 Å². The van der Waals surface area contributed by atoms with Crippen molar-refractivity contribution in [1.29, 1.82) is 0 Å². The highest BCUT2D eigenvalue weighted by molar-refractivity contribution is 8.00. The van der Waals surface area contributed by atoms with E-state index < -0.39 is 17.7 Å². The van der Waals surface area contributed by atoms with Crippen molar-refractivity contribution < 1.29 is 24.2 Å². The molecule has 2 aliphatic heterocycles. The number of amides is 1. The summed E-state index contributed by atoms with van der Waals surface area (Å²) in [4.78, 5) is 28.6. The second kappa shape index (κ2) is 12.4. The van der Waals surface area contributed by atoms with Crippen molar-refractivity contribution in [2.75, 3.05) is 11.5 Å². The zero-order valence-corrected chi connectivity index (χ0v) is 25.8. The molecule has 1 aromatic heterocycles. The van der Waals surface area contributed by atoms with Gasteiger partial charge in [-0.15, -0.1) is 10.2 Å². The van der Waals surface area contributed by atoms with Crippen LogP contribution in [0.3, 0.4) is 0 Å². The largest absolute Gasteiger partial charge is 0.507 e. The first-order chi connectivity index (χ1) is 20.8. The van der Waals surface area contributed by atoms with Gasteiger partial charge in [0.25, 0.3) is 5.78 Å². The maximum Gasteiger partial charge on any atom is 0.301 e. The van der Waals surface area contributed by atoms with Crippen LogP contribution in [0.2, 0.25) is 5.02 Å². The Bertz CT molecular complexity index is 1720. The van der Waals surface area contributed by atoms with Crippen LogP contribution in [-0.2, 0) is 21.8 Å². The van der Waals surface area contributed by atoms with Crippen molar-refractivity contribution in [3.05, 3.63) is 99.6 Å². The van der Waals surface area contributed by atoms with Gasteiger partial charge in [-0.25, -0.2) is 0 Å². The number of aliphatic hydroxyl groups excluding tert-OH is 1. The average molecular weight is 634 g/mol. The number of hydrogen-bond donors (Lipinski definition) is 1. The molecule has 3 heterocycles. The molecule has 0 spiro atoms. The van der Waals surface area contributed by atoms with Crippen LogP contribution in [0.4, 0.5) is 5.13 Å². The molecule has 43 heavy (non-hydrogen) atoms. The van der Waals surface area contributed by atoms with Crippen LogP contribution in [0, 0.1) is 0 Å². The third-order valence-electron chi connectivity index (χ3n) is 7.14. The second-order valence-electron chi connectivity index (χ2n) is 10.3. The molecule has 6 rings (SSSR count). The summed E-state index contributed by atoms with van der Waals surface area (Å²) in [7, 11) is 0. The van der Waals surface area contributed by atoms with E-state index in [9.17, 15) is 14.7 Å². The van der Waals surface area contributed by atoms with Gasteiger partial charge in [0, 0.05) is 22.8 Å². The van der Waals surface area contributed by atoms with E-state index in [2.05, 4.69) is 10.2 Å². The van der Waals surface area contributed by atoms with Gasteiger partial charge in [-0.3, -0.25) is 14.5 Å². The molecule has 220 valence electrons. The predicted octanol–water partition coefficient (Wildman–Crippen LogP) is 7.22. The summed E-state index contributed by atoms with van der Waals surface area (Å²) < 4.78 is 12.3. The first kappa shape index (κ1) is 29.2. The van der Waals surface area contributed by atoms with Crippen molar-refractivity contribution in [3.63, 3.8) is 0 Å². The Labute approximate surface area is 262 Å². The van der Waals surface area contributed by atoms with E-state index in [0.717, 1.165) is 23.3 Å². The lowest BCUT2D eigenvalue weighted by molar-refractivity contribution is -0.132. The minimum atomic E-state index is -0.935. The van der Waals surface area contributed by atoms with Crippen LogP contribution in [0.25, 0.3) is 5.76 Å². The van der Waals surface area contributed by atoms with Crippen LogP contribution in [0.15, 0.2) is 76.6 Å². The van der Waals surface area contributed by atoms with Crippen molar-refractivity contribution in [2.45, 2.75) is 48.9 Å². The van der Waals surface area contributed by atoms with Gasteiger partial charge in [0.15, 0.2) is 4.34 Å². The number of hydrogen-bond acceptors (Lipinski definition) is 9. The number of benzene rings is 3. The number of nitrogens with zero attached hydrogens (tertiary/aromatic N) is 3. The van der Waals surface area contributed by atoms with E-state index in [1.165, 1.54) is 28.0 Å². The molecule has 3 aromatic carbocycles. The first-order valence-electron chi connectivity index (χ1n) is 13.9. The average Bonchev–Trinajstić information content (AvgIpc) is 3.70. The van der Waals surface area contributed by atoms with Gasteiger partial charge in [-0.05, 0) is 72.5 Å². The number of fused-ring (bicyclic) bond motifs is 1. The Morgan fingerprint density at radius 3 is 2.74 bits per heavy atom. The number of aliphatic hydroxyl groups is 1. The van der Waals surface area contributed by atoms with Crippen LogP contribution in [0.5, 0.6) is 11.5 Å². The highest BCUT2D eigenvalue weighted by atomic mass is 35.5. The monoisotopic (exact) mass is 633 g/mol. The van der Waals surface area contributed by atoms with Crippen molar-refractivity contribution in [2.24, 2.45) is 0 Å². The fourth-order valence-corrected chi connectivity index (χ4v) is 7.10. The first-order valence-corrected chi connectivity index (χ1v) is 16.0. The molecule has 8 nitrogen and oxygen atoms in total. The number of aromatic nitrogens is 2. The third-order valence-corrected chi connectivity index (χ3v) is 9.52. The number of carbonyl (C=O) groups excluding carboxylic acids is 2. The molecule has 2 aliphatic rings. The van der Waals surface area contributed by atoms with Gasteiger partial charge >= 0.3 is 5.91 Å². The van der Waals surface area contributed by atoms with Gasteiger partial charge in [-0.1, -0.05) is 65.9 Å². The number of halogens is 1. The number of anilines is 1. The van der Waals surface area contributed by atoms with E-state index in [1.54, 1.807) is 18.2 Å². The molecule has 0 radical (unpaired) electrons. The van der Waals surface area contributed by atoms with Crippen molar-refractivity contribution >= 4 is 57.3 Å². The minimum Gasteiger partial charge on any atom is -0.507 e. The van der Waals surface area contributed by atoms with Gasteiger partial charge in [0.05, 0.1) is 18.2 Å². The number of rotatable bonds is 9. The lowest BCUT2D eigenvalue weighted by atomic mass is 9.94. The van der Waals surface area contributed by atoms with E-state index in [0.29, 0.717) is 45.0 Å². The van der Waals surface area contributed by atoms with Gasteiger partial charge in [0.1, 0.15) is 23.4 Å². The maximum absolute atomic E-state index is 13.7. The SMILES string of the molecule is CCCOc1cccc(C2/C(=C(\O)c3ccc4c(c3)CC(C)O4)C(=O)C(=O)N2c2nnc(SCc3ccc(Cl)cc3)s2)c1. The summed E-state index contributed by atoms with van der Waals surface area (Å²) in [6, 6.07) is 19.1. The van der Waals surface area contributed by atoms with E-state index >= 15 is 0 Å². The Morgan fingerprint density at radius 1 is 1.14 bits per heavy atom. The lowest BCUT2D eigenvalue weighted by Gasteiger charge is -2.23. The Morgan fingerprint density at radius 2 is 1.95 bits per heavy atom. The number of carbonyl (C=O) groups is 2. The van der Waals surface area contributed by atoms with E-state index in [1.807, 2.05) is 62.4 Å². The Kier molecular flexibility index (Phi) is 8.43. The third kappa shape index (κ3) is 6.00. The lowest BCUT2D eigenvalue weighted by Crippen LogP contribution is -2.29. The molecule has 1 N–H and O–H groups in total. The predicted molar refractivity (Wildman–Crippen MR) is 168 cm³/mol. The fourth-order valence-electron chi connectivity index (χ4n) is 5.15. The van der Waals surface area contributed by atoms with E-state index in [-0.39, 0.29) is 22.6 Å². The van der Waals surface area contributed by atoms with Gasteiger partial charge < -0.3 is 14.6 Å². The standard InChI is InChI=1S/C32H28ClN3O5S2/c1-3-13-40-24-6-4-5-20(16-24)27-26(28(37)21-9-12-25-22(15-21)14-18(2)41-25)29(38)30(39)36(27)31-34-35-32(43-31)42-17-19-7-10-23(33)11-8-19/h4-12,15-16,18,27,37H,3,13-14,17H2,1-2H3/b28-26+.